The Bertz CT molecular complexity index is 834. The van der Waals surface area contributed by atoms with Crippen LogP contribution < -0.4 is 0 Å². The molecule has 0 atom stereocenters. The number of rotatable bonds is 4. The van der Waals surface area contributed by atoms with Gasteiger partial charge in [0.15, 0.2) is 0 Å². The first kappa shape index (κ1) is 19.1. The zero-order chi connectivity index (χ0) is 18.8. The van der Waals surface area contributed by atoms with Crippen molar-refractivity contribution in [2.45, 2.75) is 26.4 Å². The number of thiazole rings is 1. The Morgan fingerprint density at radius 1 is 1.32 bits per heavy atom. The molecule has 0 N–H and O–H groups in total. The molecule has 1 aromatic rings. The third kappa shape index (κ3) is 4.63. The Kier molecular flexibility index (Phi) is 5.28. The number of nitrogens with zero attached hydrogens (tertiary/aromatic N) is 3. The average molecular weight is 387 g/mol. The zero-order valence-electron chi connectivity index (χ0n) is 14.0. The second-order valence-corrected chi connectivity index (χ2v) is 8.32. The van der Waals surface area contributed by atoms with Gasteiger partial charge in [0.1, 0.15) is 28.6 Å². The van der Waals surface area contributed by atoms with Crippen LogP contribution in [0.3, 0.4) is 0 Å². The Morgan fingerprint density at radius 2 is 2.00 bits per heavy atom. The predicted molar refractivity (Wildman–Crippen MR) is 90.2 cm³/mol. The van der Waals surface area contributed by atoms with Crippen molar-refractivity contribution >= 4 is 39.2 Å². The molecule has 0 saturated carbocycles. The number of allylic oxidation sites excluding steroid dienone is 1. The standard InChI is InChI=1S/C14H17N3O6S2/c1-14(2,3)23-11(18)8-17-10(13(19)22-4)7-9(16-25(17,20)21)12-15-5-6-24-12/h5-7H,8H2,1-4H3. The number of methoxy groups -OCH3 is 1. The largest absolute Gasteiger partial charge is 0.464 e. The van der Waals surface area contributed by atoms with E-state index in [9.17, 15) is 18.0 Å². The summed E-state index contributed by atoms with van der Waals surface area (Å²) in [4.78, 5) is 28.0. The van der Waals surface area contributed by atoms with Gasteiger partial charge in [-0.3, -0.25) is 4.79 Å². The molecule has 2 rings (SSSR count). The second-order valence-electron chi connectivity index (χ2n) is 5.91. The van der Waals surface area contributed by atoms with Crippen LogP contribution >= 0.6 is 11.3 Å². The molecule has 1 aliphatic heterocycles. The lowest BCUT2D eigenvalue weighted by Gasteiger charge is -2.27. The highest BCUT2D eigenvalue weighted by Crippen LogP contribution is 2.23. The molecule has 1 aromatic heterocycles. The molecular weight excluding hydrogens is 370 g/mol. The highest BCUT2D eigenvalue weighted by molar-refractivity contribution is 7.88. The molecule has 0 spiro atoms. The monoisotopic (exact) mass is 387 g/mol. The predicted octanol–water partition coefficient (Wildman–Crippen LogP) is 0.891. The molecule has 0 aromatic carbocycles. The maximum atomic E-state index is 12.5. The van der Waals surface area contributed by atoms with E-state index in [4.69, 9.17) is 4.74 Å². The van der Waals surface area contributed by atoms with Gasteiger partial charge in [0.25, 0.3) is 0 Å². The van der Waals surface area contributed by atoms with Gasteiger partial charge in [-0.2, -0.15) is 8.42 Å². The summed E-state index contributed by atoms with van der Waals surface area (Å²) in [6, 6.07) is 0. The lowest BCUT2D eigenvalue weighted by Crippen LogP contribution is -2.41. The van der Waals surface area contributed by atoms with Crippen molar-refractivity contribution in [3.05, 3.63) is 28.4 Å². The SMILES string of the molecule is COC(=O)C1=CC(c2nccs2)=NS(=O)(=O)N1CC(=O)OC(C)(C)C. The highest BCUT2D eigenvalue weighted by Gasteiger charge is 2.36. The van der Waals surface area contributed by atoms with Crippen molar-refractivity contribution in [2.75, 3.05) is 13.7 Å². The maximum Gasteiger partial charge on any atom is 0.355 e. The van der Waals surface area contributed by atoms with E-state index >= 15 is 0 Å². The van der Waals surface area contributed by atoms with Crippen LogP contribution in [0, 0.1) is 0 Å². The normalized spacial score (nSPS) is 16.7. The minimum Gasteiger partial charge on any atom is -0.464 e. The molecule has 136 valence electrons. The number of aromatic nitrogens is 1. The van der Waals surface area contributed by atoms with Gasteiger partial charge in [-0.15, -0.1) is 15.7 Å². The fourth-order valence-corrected chi connectivity index (χ4v) is 3.69. The van der Waals surface area contributed by atoms with Gasteiger partial charge < -0.3 is 9.47 Å². The molecule has 1 aliphatic rings. The van der Waals surface area contributed by atoms with Crippen molar-refractivity contribution in [3.8, 4) is 0 Å². The fraction of sp³-hybridized carbons (Fsp3) is 0.429. The summed E-state index contributed by atoms with van der Waals surface area (Å²) in [6.07, 6.45) is 2.70. The van der Waals surface area contributed by atoms with Crippen molar-refractivity contribution in [3.63, 3.8) is 0 Å². The van der Waals surface area contributed by atoms with Gasteiger partial charge >= 0.3 is 22.1 Å². The molecule has 2 heterocycles. The van der Waals surface area contributed by atoms with Crippen LogP contribution in [-0.2, 0) is 29.3 Å². The number of carbonyl (C=O) groups is 2. The molecule has 9 nitrogen and oxygen atoms in total. The van der Waals surface area contributed by atoms with Crippen LogP contribution in [0.4, 0.5) is 0 Å². The van der Waals surface area contributed by atoms with E-state index in [1.807, 2.05) is 0 Å². The van der Waals surface area contributed by atoms with Gasteiger partial charge in [0.2, 0.25) is 0 Å². The summed E-state index contributed by atoms with van der Waals surface area (Å²) in [5.74, 6) is -1.74. The highest BCUT2D eigenvalue weighted by atomic mass is 32.2. The lowest BCUT2D eigenvalue weighted by molar-refractivity contribution is -0.154. The molecule has 0 saturated heterocycles. The van der Waals surface area contributed by atoms with Crippen LogP contribution in [0.15, 0.2) is 27.7 Å². The number of hydrogen-bond acceptors (Lipinski definition) is 8. The number of carbonyl (C=O) groups excluding carboxylic acids is 2. The lowest BCUT2D eigenvalue weighted by atomic mass is 10.2. The summed E-state index contributed by atoms with van der Waals surface area (Å²) in [5.41, 5.74) is -1.15. The summed E-state index contributed by atoms with van der Waals surface area (Å²) in [5, 5.41) is 1.96. The molecule has 11 heteroatoms. The molecule has 0 bridgehead atoms. The fourth-order valence-electron chi connectivity index (χ4n) is 1.90. The molecule has 0 radical (unpaired) electrons. The van der Waals surface area contributed by atoms with Crippen LogP contribution in [-0.4, -0.2) is 54.6 Å². The summed E-state index contributed by atoms with van der Waals surface area (Å²) >= 11 is 1.16. The Hall–Kier alpha value is -2.27. The van der Waals surface area contributed by atoms with E-state index in [2.05, 4.69) is 14.1 Å². The third-order valence-corrected chi connectivity index (χ3v) is 4.88. The Morgan fingerprint density at radius 3 is 2.52 bits per heavy atom. The van der Waals surface area contributed by atoms with E-state index in [0.717, 1.165) is 18.4 Å². The zero-order valence-corrected chi connectivity index (χ0v) is 15.7. The van der Waals surface area contributed by atoms with E-state index in [-0.39, 0.29) is 11.4 Å². The van der Waals surface area contributed by atoms with E-state index in [1.54, 1.807) is 26.2 Å². The molecule has 0 amide bonds. The molecule has 25 heavy (non-hydrogen) atoms. The van der Waals surface area contributed by atoms with Crippen molar-refractivity contribution in [2.24, 2.45) is 4.40 Å². The molecule has 0 unspecified atom stereocenters. The average Bonchev–Trinajstić information content (AvgIpc) is 3.00. The number of esters is 2. The summed E-state index contributed by atoms with van der Waals surface area (Å²) < 4.78 is 38.9. The second kappa shape index (κ2) is 6.92. The van der Waals surface area contributed by atoms with Crippen LogP contribution in [0.5, 0.6) is 0 Å². The first-order chi connectivity index (χ1) is 11.5. The smallest absolute Gasteiger partial charge is 0.355 e. The van der Waals surface area contributed by atoms with Crippen molar-refractivity contribution in [1.29, 1.82) is 0 Å². The van der Waals surface area contributed by atoms with Gasteiger partial charge in [0.05, 0.1) is 7.11 Å². The molecule has 0 aliphatic carbocycles. The summed E-state index contributed by atoms with van der Waals surface area (Å²) in [6.45, 7) is 4.23. The topological polar surface area (TPSA) is 115 Å². The van der Waals surface area contributed by atoms with E-state index in [0.29, 0.717) is 9.31 Å². The summed E-state index contributed by atoms with van der Waals surface area (Å²) in [7, 11) is -3.23. The maximum absolute atomic E-state index is 12.5. The van der Waals surface area contributed by atoms with Gasteiger partial charge in [-0.1, -0.05) is 0 Å². The minimum atomic E-state index is -4.34. The van der Waals surface area contributed by atoms with Crippen LogP contribution in [0.2, 0.25) is 0 Å². The van der Waals surface area contributed by atoms with Gasteiger partial charge in [-0.05, 0) is 26.8 Å². The number of ether oxygens (including phenoxy) is 2. The van der Waals surface area contributed by atoms with Gasteiger partial charge in [0, 0.05) is 11.6 Å². The van der Waals surface area contributed by atoms with Crippen molar-refractivity contribution < 1.29 is 27.5 Å². The van der Waals surface area contributed by atoms with Crippen molar-refractivity contribution in [1.82, 2.24) is 9.29 Å². The van der Waals surface area contributed by atoms with Crippen LogP contribution in [0.1, 0.15) is 25.8 Å². The molecular formula is C14H17N3O6S2. The first-order valence-corrected chi connectivity index (χ1v) is 9.35. The van der Waals surface area contributed by atoms with Crippen LogP contribution in [0.25, 0.3) is 0 Å². The third-order valence-electron chi connectivity index (χ3n) is 2.77. The van der Waals surface area contributed by atoms with E-state index in [1.165, 1.54) is 12.3 Å². The Labute approximate surface area is 149 Å². The number of hydrogen-bond donors (Lipinski definition) is 0. The molecule has 0 fully saturated rings. The first-order valence-electron chi connectivity index (χ1n) is 7.08. The minimum absolute atomic E-state index is 0.00385. The van der Waals surface area contributed by atoms with Gasteiger partial charge in [-0.25, -0.2) is 14.1 Å². The quantitative estimate of drug-likeness (QED) is 0.705. The van der Waals surface area contributed by atoms with E-state index < -0.39 is 34.3 Å². The Balaban J connectivity index is 2.41.